The molecular formula is C22H34F3N3O3. The molecule has 2 N–H and O–H groups in total. The standard InChI is InChI=1S/C22H34F3N3O3/c23-22(24,25)17-6-2-4-8-19(17)27-10-15-12-28(13-16(15)11-27)21(31)26-18-7-3-1-5-14(18)9-20(29)30/h14-19H,1-13H2,(H,26,31)(H,29,30). The summed E-state index contributed by atoms with van der Waals surface area (Å²) in [6, 6.07) is -0.668. The van der Waals surface area contributed by atoms with E-state index < -0.39 is 24.1 Å². The molecule has 4 fully saturated rings. The van der Waals surface area contributed by atoms with Crippen LogP contribution in [0.2, 0.25) is 0 Å². The molecule has 31 heavy (non-hydrogen) atoms. The summed E-state index contributed by atoms with van der Waals surface area (Å²) in [5.41, 5.74) is 0. The second kappa shape index (κ2) is 9.16. The number of carbonyl (C=O) groups excluding carboxylic acids is 1. The number of urea groups is 1. The minimum atomic E-state index is -4.14. The number of nitrogens with one attached hydrogen (secondary N) is 1. The molecule has 2 amide bonds. The molecule has 9 heteroatoms. The Balaban J connectivity index is 1.31. The Bertz CT molecular complexity index is 660. The van der Waals surface area contributed by atoms with Gasteiger partial charge in [-0.3, -0.25) is 9.69 Å². The Kier molecular flexibility index (Phi) is 6.70. The first-order chi connectivity index (χ1) is 14.7. The van der Waals surface area contributed by atoms with Crippen molar-refractivity contribution in [2.75, 3.05) is 26.2 Å². The molecule has 6 atom stereocenters. The monoisotopic (exact) mass is 445 g/mol. The van der Waals surface area contributed by atoms with Gasteiger partial charge < -0.3 is 15.3 Å². The van der Waals surface area contributed by atoms with Crippen LogP contribution in [0.3, 0.4) is 0 Å². The van der Waals surface area contributed by atoms with Crippen LogP contribution in [-0.4, -0.2) is 71.3 Å². The number of carbonyl (C=O) groups is 2. The van der Waals surface area contributed by atoms with Gasteiger partial charge in [-0.05, 0) is 43.4 Å². The Hall–Kier alpha value is -1.51. The van der Waals surface area contributed by atoms with Crippen molar-refractivity contribution in [1.29, 1.82) is 0 Å². The number of carboxylic acid groups (broad SMARTS) is 1. The average molecular weight is 446 g/mol. The molecule has 2 aliphatic carbocycles. The van der Waals surface area contributed by atoms with Gasteiger partial charge in [-0.1, -0.05) is 25.7 Å². The predicted octanol–water partition coefficient (Wildman–Crippen LogP) is 3.71. The number of hydrogen-bond acceptors (Lipinski definition) is 3. The van der Waals surface area contributed by atoms with Gasteiger partial charge in [0.15, 0.2) is 0 Å². The molecule has 6 nitrogen and oxygen atoms in total. The van der Waals surface area contributed by atoms with E-state index in [9.17, 15) is 22.8 Å². The third-order valence-electron chi connectivity index (χ3n) is 8.08. The highest BCUT2D eigenvalue weighted by atomic mass is 19.4. The number of halogens is 3. The van der Waals surface area contributed by atoms with Gasteiger partial charge in [-0.2, -0.15) is 13.2 Å². The van der Waals surface area contributed by atoms with Crippen LogP contribution in [0.1, 0.15) is 57.8 Å². The number of nitrogens with zero attached hydrogens (tertiary/aromatic N) is 2. The molecule has 2 saturated heterocycles. The summed E-state index contributed by atoms with van der Waals surface area (Å²) >= 11 is 0. The summed E-state index contributed by atoms with van der Waals surface area (Å²) in [7, 11) is 0. The largest absolute Gasteiger partial charge is 0.481 e. The van der Waals surface area contributed by atoms with Crippen molar-refractivity contribution in [1.82, 2.24) is 15.1 Å². The lowest BCUT2D eigenvalue weighted by molar-refractivity contribution is -0.198. The van der Waals surface area contributed by atoms with Gasteiger partial charge in [0.25, 0.3) is 0 Å². The normalized spacial score (nSPS) is 36.9. The number of aliphatic carboxylic acids is 1. The highest BCUT2D eigenvalue weighted by molar-refractivity contribution is 5.75. The zero-order valence-corrected chi connectivity index (χ0v) is 17.9. The first kappa shape index (κ1) is 22.7. The zero-order valence-electron chi connectivity index (χ0n) is 17.9. The number of hydrogen-bond donors (Lipinski definition) is 2. The summed E-state index contributed by atoms with van der Waals surface area (Å²) in [5, 5.41) is 12.2. The summed E-state index contributed by atoms with van der Waals surface area (Å²) in [6.45, 7) is 2.42. The second-order valence-corrected chi connectivity index (χ2v) is 10.1. The molecule has 0 bridgehead atoms. The smallest absolute Gasteiger partial charge is 0.393 e. The van der Waals surface area contributed by atoms with E-state index in [1.165, 1.54) is 0 Å². The Morgan fingerprint density at radius 2 is 1.52 bits per heavy atom. The van der Waals surface area contributed by atoms with Crippen molar-refractivity contribution < 1.29 is 27.9 Å². The molecule has 2 aliphatic heterocycles. The van der Waals surface area contributed by atoms with Gasteiger partial charge in [0, 0.05) is 38.3 Å². The molecule has 4 rings (SSSR count). The second-order valence-electron chi connectivity index (χ2n) is 10.1. The fourth-order valence-corrected chi connectivity index (χ4v) is 6.51. The predicted molar refractivity (Wildman–Crippen MR) is 108 cm³/mol. The topological polar surface area (TPSA) is 72.9 Å². The van der Waals surface area contributed by atoms with Gasteiger partial charge in [0.1, 0.15) is 0 Å². The molecule has 2 heterocycles. The van der Waals surface area contributed by atoms with E-state index in [4.69, 9.17) is 5.11 Å². The quantitative estimate of drug-likeness (QED) is 0.692. The van der Waals surface area contributed by atoms with Gasteiger partial charge in [0.05, 0.1) is 12.3 Å². The SMILES string of the molecule is O=C(O)CC1CCCCC1NC(=O)N1CC2CN(C3CCCCC3C(F)(F)F)CC2C1. The van der Waals surface area contributed by atoms with Crippen molar-refractivity contribution in [2.45, 2.75) is 76.0 Å². The first-order valence-electron chi connectivity index (χ1n) is 11.8. The van der Waals surface area contributed by atoms with E-state index in [-0.39, 0.29) is 42.7 Å². The van der Waals surface area contributed by atoms with Gasteiger partial charge in [0.2, 0.25) is 0 Å². The summed E-state index contributed by atoms with van der Waals surface area (Å²) in [4.78, 5) is 27.8. The maximum atomic E-state index is 13.5. The van der Waals surface area contributed by atoms with E-state index >= 15 is 0 Å². The fourth-order valence-electron chi connectivity index (χ4n) is 6.51. The molecule has 0 radical (unpaired) electrons. The van der Waals surface area contributed by atoms with E-state index in [0.717, 1.165) is 32.1 Å². The van der Waals surface area contributed by atoms with Crippen molar-refractivity contribution >= 4 is 12.0 Å². The Morgan fingerprint density at radius 1 is 0.903 bits per heavy atom. The number of fused-ring (bicyclic) bond motifs is 1. The van der Waals surface area contributed by atoms with Crippen LogP contribution in [0.5, 0.6) is 0 Å². The third kappa shape index (κ3) is 5.12. The van der Waals surface area contributed by atoms with E-state index in [1.54, 1.807) is 4.90 Å². The van der Waals surface area contributed by atoms with Crippen LogP contribution in [0, 0.1) is 23.7 Å². The van der Waals surface area contributed by atoms with E-state index in [0.29, 0.717) is 39.0 Å². The highest BCUT2D eigenvalue weighted by Crippen LogP contribution is 2.43. The molecule has 0 aromatic heterocycles. The molecule has 0 spiro atoms. The van der Waals surface area contributed by atoms with Crippen molar-refractivity contribution in [3.05, 3.63) is 0 Å². The van der Waals surface area contributed by atoms with Crippen LogP contribution in [0.4, 0.5) is 18.0 Å². The van der Waals surface area contributed by atoms with Crippen LogP contribution < -0.4 is 5.32 Å². The molecular weight excluding hydrogens is 411 g/mol. The maximum absolute atomic E-state index is 13.5. The van der Waals surface area contributed by atoms with Crippen molar-refractivity contribution in [3.8, 4) is 0 Å². The van der Waals surface area contributed by atoms with Crippen molar-refractivity contribution in [2.24, 2.45) is 23.7 Å². The van der Waals surface area contributed by atoms with Crippen LogP contribution in [-0.2, 0) is 4.79 Å². The average Bonchev–Trinajstić information content (AvgIpc) is 3.28. The number of amides is 2. The lowest BCUT2D eigenvalue weighted by Crippen LogP contribution is -2.50. The number of likely N-dealkylation sites (tertiary alicyclic amines) is 2. The van der Waals surface area contributed by atoms with Crippen LogP contribution >= 0.6 is 0 Å². The Labute approximate surface area is 181 Å². The van der Waals surface area contributed by atoms with Crippen LogP contribution in [0.15, 0.2) is 0 Å². The summed E-state index contributed by atoms with van der Waals surface area (Å²) in [5.74, 6) is -1.64. The van der Waals surface area contributed by atoms with Gasteiger partial charge in [-0.25, -0.2) is 4.79 Å². The zero-order chi connectivity index (χ0) is 22.2. The highest BCUT2D eigenvalue weighted by Gasteiger charge is 2.51. The molecule has 6 unspecified atom stereocenters. The number of rotatable bonds is 4. The fraction of sp³-hybridized carbons (Fsp3) is 0.909. The minimum Gasteiger partial charge on any atom is -0.481 e. The summed E-state index contributed by atoms with van der Waals surface area (Å²) in [6.07, 6.45) is 1.90. The third-order valence-corrected chi connectivity index (χ3v) is 8.08. The first-order valence-corrected chi connectivity index (χ1v) is 11.8. The lowest BCUT2D eigenvalue weighted by atomic mass is 9.82. The van der Waals surface area contributed by atoms with Crippen molar-refractivity contribution in [3.63, 3.8) is 0 Å². The summed E-state index contributed by atoms with van der Waals surface area (Å²) < 4.78 is 40.5. The maximum Gasteiger partial charge on any atom is 0.393 e. The molecule has 0 aromatic rings. The lowest BCUT2D eigenvalue weighted by Gasteiger charge is -2.39. The molecule has 2 saturated carbocycles. The molecule has 176 valence electrons. The van der Waals surface area contributed by atoms with Crippen LogP contribution in [0.25, 0.3) is 0 Å². The number of alkyl halides is 3. The van der Waals surface area contributed by atoms with E-state index in [1.807, 2.05) is 4.90 Å². The van der Waals surface area contributed by atoms with Gasteiger partial charge >= 0.3 is 18.2 Å². The minimum absolute atomic E-state index is 0.0293. The molecule has 4 aliphatic rings. The van der Waals surface area contributed by atoms with E-state index in [2.05, 4.69) is 5.32 Å². The molecule has 0 aromatic carbocycles. The Morgan fingerprint density at radius 3 is 2.16 bits per heavy atom. The van der Waals surface area contributed by atoms with Gasteiger partial charge in [-0.15, -0.1) is 0 Å². The number of carboxylic acids is 1.